The molecule has 0 spiro atoms. The zero-order valence-corrected chi connectivity index (χ0v) is 22.4. The van der Waals surface area contributed by atoms with Crippen LogP contribution < -0.4 is 20.7 Å². The van der Waals surface area contributed by atoms with Gasteiger partial charge in [-0.25, -0.2) is 13.9 Å². The van der Waals surface area contributed by atoms with Gasteiger partial charge in [-0.15, -0.1) is 0 Å². The minimum atomic E-state index is -4.57. The van der Waals surface area contributed by atoms with Gasteiger partial charge in [0.25, 0.3) is 5.91 Å². The molecule has 2 aromatic carbocycles. The lowest BCUT2D eigenvalue weighted by molar-refractivity contribution is -0.137. The number of urea groups is 1. The second-order valence-electron chi connectivity index (χ2n) is 9.90. The summed E-state index contributed by atoms with van der Waals surface area (Å²) in [5, 5.41) is 11.8. The van der Waals surface area contributed by atoms with E-state index in [0.29, 0.717) is 5.69 Å². The first-order valence-corrected chi connectivity index (χ1v) is 12.3. The monoisotopic (exact) mass is 570 g/mol. The Hall–Kier alpha value is -4.94. The number of amides is 3. The molecule has 0 atom stereocenters. The fourth-order valence-corrected chi connectivity index (χ4v) is 3.64. The van der Waals surface area contributed by atoms with Crippen molar-refractivity contribution in [2.75, 3.05) is 17.7 Å². The van der Waals surface area contributed by atoms with Crippen LogP contribution in [0.25, 0.3) is 5.69 Å². The molecule has 2 aromatic heterocycles. The molecule has 13 heteroatoms. The van der Waals surface area contributed by atoms with E-state index in [1.165, 1.54) is 60.4 Å². The van der Waals surface area contributed by atoms with E-state index in [1.54, 1.807) is 0 Å². The Kier molecular flexibility index (Phi) is 7.99. The van der Waals surface area contributed by atoms with E-state index in [4.69, 9.17) is 4.74 Å². The molecule has 0 aliphatic heterocycles. The van der Waals surface area contributed by atoms with Gasteiger partial charge in [0.2, 0.25) is 0 Å². The molecule has 4 aromatic rings. The van der Waals surface area contributed by atoms with Crippen LogP contribution in [0.15, 0.2) is 66.9 Å². The van der Waals surface area contributed by atoms with Gasteiger partial charge in [0.1, 0.15) is 28.8 Å². The average molecular weight is 571 g/mol. The van der Waals surface area contributed by atoms with Crippen molar-refractivity contribution in [3.05, 3.63) is 89.6 Å². The molecule has 3 N–H and O–H groups in total. The summed E-state index contributed by atoms with van der Waals surface area (Å²) in [4.78, 5) is 28.5. The summed E-state index contributed by atoms with van der Waals surface area (Å²) in [6, 6.07) is 11.8. The maximum atomic E-state index is 14.9. The molecule has 9 nitrogen and oxygen atoms in total. The van der Waals surface area contributed by atoms with E-state index in [1.807, 2.05) is 20.8 Å². The number of hydrogen-bond acceptors (Lipinski definition) is 5. The highest BCUT2D eigenvalue weighted by Gasteiger charge is 2.31. The SMILES string of the molecule is CNC(=O)c1cc(Oc2ccc(NC(=O)Nc3cc(C(C)(C)C)nn3-c3cccc(C(F)(F)F)c3)c(F)c2)ccn1. The Labute approximate surface area is 232 Å². The van der Waals surface area contributed by atoms with Gasteiger partial charge >= 0.3 is 12.2 Å². The summed E-state index contributed by atoms with van der Waals surface area (Å²) in [5.74, 6) is -0.818. The third-order valence-corrected chi connectivity index (χ3v) is 5.75. The molecule has 214 valence electrons. The van der Waals surface area contributed by atoms with Gasteiger partial charge in [-0.2, -0.15) is 18.3 Å². The van der Waals surface area contributed by atoms with Crippen molar-refractivity contribution in [2.24, 2.45) is 0 Å². The lowest BCUT2D eigenvalue weighted by atomic mass is 9.92. The molecule has 0 radical (unpaired) electrons. The number of anilines is 2. The molecule has 0 saturated heterocycles. The fraction of sp³-hybridized carbons (Fsp3) is 0.214. The topological polar surface area (TPSA) is 110 Å². The molecule has 0 aliphatic carbocycles. The van der Waals surface area contributed by atoms with Gasteiger partial charge in [-0.3, -0.25) is 15.1 Å². The number of alkyl halides is 3. The van der Waals surface area contributed by atoms with E-state index in [2.05, 4.69) is 26.0 Å². The number of aromatic nitrogens is 3. The number of hydrogen-bond donors (Lipinski definition) is 3. The lowest BCUT2D eigenvalue weighted by Gasteiger charge is -2.14. The van der Waals surface area contributed by atoms with Crippen molar-refractivity contribution >= 4 is 23.4 Å². The quantitative estimate of drug-likeness (QED) is 0.229. The summed E-state index contributed by atoms with van der Waals surface area (Å²) < 4.78 is 61.6. The van der Waals surface area contributed by atoms with Crippen molar-refractivity contribution in [1.29, 1.82) is 0 Å². The molecule has 0 saturated carbocycles. The summed E-state index contributed by atoms with van der Waals surface area (Å²) in [5.41, 5.74) is -0.851. The summed E-state index contributed by atoms with van der Waals surface area (Å²) >= 11 is 0. The number of carbonyl (C=O) groups is 2. The van der Waals surface area contributed by atoms with Gasteiger partial charge in [0, 0.05) is 36.9 Å². The minimum absolute atomic E-state index is 0.0778. The predicted octanol–water partition coefficient (Wildman–Crippen LogP) is 6.52. The number of ether oxygens (including phenoxy) is 1. The van der Waals surface area contributed by atoms with Crippen molar-refractivity contribution in [3.8, 4) is 17.2 Å². The summed E-state index contributed by atoms with van der Waals surface area (Å²) in [6.07, 6.45) is -3.20. The fourth-order valence-electron chi connectivity index (χ4n) is 3.64. The third kappa shape index (κ3) is 6.99. The first-order chi connectivity index (χ1) is 19.2. The Morgan fingerprint density at radius 2 is 1.66 bits per heavy atom. The highest BCUT2D eigenvalue weighted by molar-refractivity contribution is 5.99. The van der Waals surface area contributed by atoms with Crippen molar-refractivity contribution in [2.45, 2.75) is 32.4 Å². The predicted molar refractivity (Wildman–Crippen MR) is 144 cm³/mol. The highest BCUT2D eigenvalue weighted by Crippen LogP contribution is 2.32. The Balaban J connectivity index is 1.54. The van der Waals surface area contributed by atoms with Gasteiger partial charge in [0.15, 0.2) is 0 Å². The van der Waals surface area contributed by atoms with Crippen LogP contribution in [0.4, 0.5) is 33.9 Å². The number of halogens is 4. The highest BCUT2D eigenvalue weighted by atomic mass is 19.4. The van der Waals surface area contributed by atoms with E-state index in [0.717, 1.165) is 18.2 Å². The van der Waals surface area contributed by atoms with Crippen molar-refractivity contribution < 1.29 is 31.9 Å². The summed E-state index contributed by atoms with van der Waals surface area (Å²) in [7, 11) is 1.46. The largest absolute Gasteiger partial charge is 0.457 e. The van der Waals surface area contributed by atoms with Gasteiger partial charge in [-0.1, -0.05) is 26.8 Å². The van der Waals surface area contributed by atoms with E-state index < -0.39 is 34.9 Å². The number of nitrogens with one attached hydrogen (secondary N) is 3. The van der Waals surface area contributed by atoms with Gasteiger partial charge in [0.05, 0.1) is 22.6 Å². The van der Waals surface area contributed by atoms with Crippen molar-refractivity contribution in [1.82, 2.24) is 20.1 Å². The standard InChI is InChI=1S/C28H26F4N6O3/c1-27(2,3)23-15-24(38(37-23)17-7-5-6-16(12-17)28(30,31)32)36-26(40)35-21-9-8-18(13-20(21)29)41-19-10-11-34-22(14-19)25(39)33-4/h5-15H,1-4H3,(H,33,39)(H2,35,36,40). The van der Waals surface area contributed by atoms with Crippen LogP contribution in [-0.4, -0.2) is 33.8 Å². The molecule has 0 unspecified atom stereocenters. The second-order valence-corrected chi connectivity index (χ2v) is 9.90. The van der Waals surface area contributed by atoms with E-state index in [9.17, 15) is 27.2 Å². The molecule has 0 bridgehead atoms. The molecule has 0 fully saturated rings. The van der Waals surface area contributed by atoms with Crippen molar-refractivity contribution in [3.63, 3.8) is 0 Å². The number of benzene rings is 2. The van der Waals surface area contributed by atoms with Gasteiger partial charge < -0.3 is 15.4 Å². The molecule has 41 heavy (non-hydrogen) atoms. The van der Waals surface area contributed by atoms with Crippen LogP contribution >= 0.6 is 0 Å². The van der Waals surface area contributed by atoms with Crippen LogP contribution in [0.1, 0.15) is 42.5 Å². The number of rotatable bonds is 6. The zero-order valence-electron chi connectivity index (χ0n) is 22.4. The first kappa shape index (κ1) is 29.1. The zero-order chi connectivity index (χ0) is 29.9. The smallest absolute Gasteiger partial charge is 0.416 e. The van der Waals surface area contributed by atoms with Crippen LogP contribution in [0.2, 0.25) is 0 Å². The van der Waals surface area contributed by atoms with Crippen LogP contribution in [0.3, 0.4) is 0 Å². The average Bonchev–Trinajstić information content (AvgIpc) is 3.34. The number of pyridine rings is 1. The minimum Gasteiger partial charge on any atom is -0.457 e. The Morgan fingerprint density at radius 1 is 0.927 bits per heavy atom. The normalized spacial score (nSPS) is 11.6. The van der Waals surface area contributed by atoms with Crippen LogP contribution in [0.5, 0.6) is 11.5 Å². The molecule has 2 heterocycles. The second kappa shape index (κ2) is 11.3. The summed E-state index contributed by atoms with van der Waals surface area (Å²) in [6.45, 7) is 5.58. The maximum Gasteiger partial charge on any atom is 0.416 e. The third-order valence-electron chi connectivity index (χ3n) is 5.75. The molecule has 4 rings (SSSR count). The number of carbonyl (C=O) groups excluding carboxylic acids is 2. The Bertz CT molecular complexity index is 1590. The van der Waals surface area contributed by atoms with Gasteiger partial charge in [-0.05, 0) is 36.4 Å². The Morgan fingerprint density at radius 3 is 2.32 bits per heavy atom. The molecule has 3 amide bonds. The molecular formula is C28H26F4N6O3. The lowest BCUT2D eigenvalue weighted by Crippen LogP contribution is -2.22. The first-order valence-electron chi connectivity index (χ1n) is 12.3. The molecule has 0 aliphatic rings. The van der Waals surface area contributed by atoms with E-state index in [-0.39, 0.29) is 34.4 Å². The maximum absolute atomic E-state index is 14.9. The molecular weight excluding hydrogens is 544 g/mol. The van der Waals surface area contributed by atoms with Crippen LogP contribution in [-0.2, 0) is 11.6 Å². The van der Waals surface area contributed by atoms with Crippen LogP contribution in [0, 0.1) is 5.82 Å². The van der Waals surface area contributed by atoms with E-state index >= 15 is 0 Å². The number of nitrogens with zero attached hydrogens (tertiary/aromatic N) is 3.